The van der Waals surface area contributed by atoms with Gasteiger partial charge in [0.1, 0.15) is 11.4 Å². The molecular weight excluding hydrogens is 266 g/mol. The minimum absolute atomic E-state index is 0.135. The van der Waals surface area contributed by atoms with Crippen LogP contribution in [0.1, 0.15) is 37.6 Å². The SMILES string of the molecule is CC(C)(C)C(CCO)NC(=O)c1c(F)ccc(N)c1F. The fourth-order valence-electron chi connectivity index (χ4n) is 1.86. The van der Waals surface area contributed by atoms with Crippen molar-refractivity contribution in [3.8, 4) is 0 Å². The molecule has 0 saturated carbocycles. The van der Waals surface area contributed by atoms with Crippen LogP contribution in [-0.2, 0) is 0 Å². The summed E-state index contributed by atoms with van der Waals surface area (Å²) in [6, 6.07) is 1.60. The summed E-state index contributed by atoms with van der Waals surface area (Å²) in [6.07, 6.45) is 0.292. The van der Waals surface area contributed by atoms with Gasteiger partial charge in [0, 0.05) is 12.6 Å². The highest BCUT2D eigenvalue weighted by atomic mass is 19.1. The number of nitrogen functional groups attached to an aromatic ring is 1. The third-order valence-electron chi connectivity index (χ3n) is 3.12. The maximum Gasteiger partial charge on any atom is 0.257 e. The summed E-state index contributed by atoms with van der Waals surface area (Å²) in [5.41, 5.74) is 4.00. The molecule has 0 saturated heterocycles. The molecule has 6 heteroatoms. The Balaban J connectivity index is 3.04. The number of rotatable bonds is 4. The van der Waals surface area contributed by atoms with Gasteiger partial charge in [0.25, 0.3) is 5.91 Å². The lowest BCUT2D eigenvalue weighted by Gasteiger charge is -2.31. The summed E-state index contributed by atoms with van der Waals surface area (Å²) < 4.78 is 27.4. The van der Waals surface area contributed by atoms with E-state index in [4.69, 9.17) is 10.8 Å². The first-order valence-electron chi connectivity index (χ1n) is 6.33. The fourth-order valence-corrected chi connectivity index (χ4v) is 1.86. The summed E-state index contributed by atoms with van der Waals surface area (Å²) in [4.78, 5) is 12.0. The number of halogens is 2. The van der Waals surface area contributed by atoms with Crippen LogP contribution in [0.2, 0.25) is 0 Å². The van der Waals surface area contributed by atoms with Crippen LogP contribution in [0.5, 0.6) is 0 Å². The molecule has 1 aromatic carbocycles. The molecular formula is C14H20F2N2O2. The van der Waals surface area contributed by atoms with Crippen LogP contribution >= 0.6 is 0 Å². The summed E-state index contributed by atoms with van der Waals surface area (Å²) in [7, 11) is 0. The molecule has 0 aliphatic heterocycles. The molecule has 0 radical (unpaired) electrons. The quantitative estimate of drug-likeness (QED) is 0.742. The predicted molar refractivity (Wildman–Crippen MR) is 73.2 cm³/mol. The van der Waals surface area contributed by atoms with E-state index in [9.17, 15) is 13.6 Å². The molecule has 1 aromatic rings. The highest BCUT2D eigenvalue weighted by Gasteiger charge is 2.28. The number of aliphatic hydroxyl groups is 1. The van der Waals surface area contributed by atoms with Crippen molar-refractivity contribution in [1.29, 1.82) is 0 Å². The standard InChI is InChI=1S/C14H20F2N2O2/c1-14(2,3)10(6-7-19)18-13(20)11-8(15)4-5-9(17)12(11)16/h4-5,10,19H,6-7,17H2,1-3H3,(H,18,20). The maximum atomic E-state index is 13.8. The second-order valence-corrected chi connectivity index (χ2v) is 5.73. The van der Waals surface area contributed by atoms with Crippen LogP contribution in [-0.4, -0.2) is 23.7 Å². The zero-order valence-corrected chi connectivity index (χ0v) is 11.8. The van der Waals surface area contributed by atoms with Crippen LogP contribution in [0.3, 0.4) is 0 Å². The molecule has 0 aliphatic carbocycles. The van der Waals surface area contributed by atoms with Gasteiger partial charge in [-0.1, -0.05) is 20.8 Å². The first-order valence-corrected chi connectivity index (χ1v) is 6.33. The average molecular weight is 286 g/mol. The summed E-state index contributed by atoms with van der Waals surface area (Å²) in [5, 5.41) is 11.6. The molecule has 0 aliphatic rings. The number of hydrogen-bond acceptors (Lipinski definition) is 3. The number of benzene rings is 1. The zero-order valence-electron chi connectivity index (χ0n) is 11.8. The third kappa shape index (κ3) is 3.66. The van der Waals surface area contributed by atoms with Crippen LogP contribution in [0.15, 0.2) is 12.1 Å². The minimum atomic E-state index is -1.07. The Morgan fingerprint density at radius 1 is 1.40 bits per heavy atom. The number of hydrogen-bond donors (Lipinski definition) is 3. The lowest BCUT2D eigenvalue weighted by atomic mass is 9.84. The van der Waals surface area contributed by atoms with Crippen molar-refractivity contribution in [1.82, 2.24) is 5.32 Å². The first kappa shape index (κ1) is 16.4. The third-order valence-corrected chi connectivity index (χ3v) is 3.12. The molecule has 20 heavy (non-hydrogen) atoms. The number of carbonyl (C=O) groups excluding carboxylic acids is 1. The molecule has 0 heterocycles. The van der Waals surface area contributed by atoms with Crippen LogP contribution in [0.25, 0.3) is 0 Å². The topological polar surface area (TPSA) is 75.3 Å². The van der Waals surface area contributed by atoms with Crippen LogP contribution in [0, 0.1) is 17.0 Å². The largest absolute Gasteiger partial charge is 0.396 e. The first-order chi connectivity index (χ1) is 9.18. The van der Waals surface area contributed by atoms with E-state index in [1.165, 1.54) is 0 Å². The lowest BCUT2D eigenvalue weighted by molar-refractivity contribution is 0.0876. The van der Waals surface area contributed by atoms with E-state index in [1.807, 2.05) is 20.8 Å². The van der Waals surface area contributed by atoms with E-state index in [0.29, 0.717) is 6.42 Å². The van der Waals surface area contributed by atoms with Crippen molar-refractivity contribution in [2.45, 2.75) is 33.2 Å². The van der Waals surface area contributed by atoms with E-state index >= 15 is 0 Å². The second-order valence-electron chi connectivity index (χ2n) is 5.73. The van der Waals surface area contributed by atoms with Gasteiger partial charge >= 0.3 is 0 Å². The van der Waals surface area contributed by atoms with Gasteiger partial charge in [0.15, 0.2) is 5.82 Å². The molecule has 4 nitrogen and oxygen atoms in total. The Hall–Kier alpha value is -1.69. The molecule has 0 fully saturated rings. The maximum absolute atomic E-state index is 13.8. The van der Waals surface area contributed by atoms with Gasteiger partial charge < -0.3 is 16.2 Å². The number of nitrogens with two attached hydrogens (primary N) is 1. The monoisotopic (exact) mass is 286 g/mol. The van der Waals surface area contributed by atoms with E-state index < -0.39 is 29.1 Å². The highest BCUT2D eigenvalue weighted by Crippen LogP contribution is 2.24. The molecule has 1 rings (SSSR count). The Bertz CT molecular complexity index is 499. The lowest BCUT2D eigenvalue weighted by Crippen LogP contribution is -2.44. The molecule has 1 atom stereocenters. The summed E-state index contributed by atoms with van der Waals surface area (Å²) in [6.45, 7) is 5.45. The Morgan fingerprint density at radius 2 is 2.00 bits per heavy atom. The van der Waals surface area contributed by atoms with E-state index in [1.54, 1.807) is 0 Å². The second kappa shape index (κ2) is 6.17. The Labute approximate surface area is 117 Å². The van der Waals surface area contributed by atoms with Gasteiger partial charge in [0.05, 0.1) is 5.69 Å². The van der Waals surface area contributed by atoms with Crippen molar-refractivity contribution in [3.05, 3.63) is 29.3 Å². The zero-order chi connectivity index (χ0) is 15.5. The van der Waals surface area contributed by atoms with Crippen molar-refractivity contribution in [2.24, 2.45) is 5.41 Å². The van der Waals surface area contributed by atoms with Gasteiger partial charge in [-0.25, -0.2) is 8.78 Å². The summed E-state index contributed by atoms with van der Waals surface area (Å²) >= 11 is 0. The number of amides is 1. The van der Waals surface area contributed by atoms with Gasteiger partial charge in [-0.2, -0.15) is 0 Å². The summed E-state index contributed by atoms with van der Waals surface area (Å²) in [5.74, 6) is -2.91. The van der Waals surface area contributed by atoms with E-state index in [2.05, 4.69) is 5.32 Å². The van der Waals surface area contributed by atoms with Crippen molar-refractivity contribution in [3.63, 3.8) is 0 Å². The minimum Gasteiger partial charge on any atom is -0.396 e. The van der Waals surface area contributed by atoms with Crippen molar-refractivity contribution < 1.29 is 18.7 Å². The van der Waals surface area contributed by atoms with Gasteiger partial charge in [-0.3, -0.25) is 4.79 Å². The normalized spacial score (nSPS) is 13.1. The molecule has 0 spiro atoms. The van der Waals surface area contributed by atoms with Gasteiger partial charge in [-0.05, 0) is 24.0 Å². The van der Waals surface area contributed by atoms with Gasteiger partial charge in [-0.15, -0.1) is 0 Å². The molecule has 4 N–H and O–H groups in total. The Morgan fingerprint density at radius 3 is 2.50 bits per heavy atom. The fraction of sp³-hybridized carbons (Fsp3) is 0.500. The van der Waals surface area contributed by atoms with Crippen molar-refractivity contribution >= 4 is 11.6 Å². The molecule has 1 unspecified atom stereocenters. The Kier molecular flexibility index (Phi) is 5.05. The number of aliphatic hydroxyl groups excluding tert-OH is 1. The number of nitrogens with one attached hydrogen (secondary N) is 1. The smallest absolute Gasteiger partial charge is 0.257 e. The molecule has 0 bridgehead atoms. The van der Waals surface area contributed by atoms with Crippen LogP contribution < -0.4 is 11.1 Å². The van der Waals surface area contributed by atoms with Crippen molar-refractivity contribution in [2.75, 3.05) is 12.3 Å². The highest BCUT2D eigenvalue weighted by molar-refractivity contribution is 5.95. The van der Waals surface area contributed by atoms with Gasteiger partial charge in [0.2, 0.25) is 0 Å². The molecule has 1 amide bonds. The molecule has 112 valence electrons. The van der Waals surface area contributed by atoms with E-state index in [0.717, 1.165) is 12.1 Å². The van der Waals surface area contributed by atoms with Crippen LogP contribution in [0.4, 0.5) is 14.5 Å². The number of anilines is 1. The number of carbonyl (C=O) groups is 1. The van der Waals surface area contributed by atoms with E-state index in [-0.39, 0.29) is 17.7 Å². The average Bonchev–Trinajstić information content (AvgIpc) is 2.33. The predicted octanol–water partition coefficient (Wildman–Crippen LogP) is 2.07. The molecule has 0 aromatic heterocycles.